The minimum atomic E-state index is -3.26. The molecule has 2 rings (SSSR count). The zero-order chi connectivity index (χ0) is 19.3. The lowest BCUT2D eigenvalue weighted by atomic mass is 10.2. The van der Waals surface area contributed by atoms with Gasteiger partial charge in [-0.05, 0) is 26.3 Å². The summed E-state index contributed by atoms with van der Waals surface area (Å²) in [6.07, 6.45) is 0.356. The number of non-ortho nitro benzene ring substituents is 1. The second-order valence-electron chi connectivity index (χ2n) is 5.39. The molecule has 10 nitrogen and oxygen atoms in total. The minimum absolute atomic E-state index is 0.0857. The van der Waals surface area contributed by atoms with Crippen molar-refractivity contribution >= 4 is 24.3 Å². The number of benzene rings is 1. The largest absolute Gasteiger partial charge is 0.330 e. The lowest BCUT2D eigenvalue weighted by Gasteiger charge is -2.17. The molecule has 2 aromatic rings. The van der Waals surface area contributed by atoms with Crippen molar-refractivity contribution in [1.29, 1.82) is 0 Å². The van der Waals surface area contributed by atoms with Crippen molar-refractivity contribution in [1.82, 2.24) is 9.55 Å². The van der Waals surface area contributed by atoms with Crippen LogP contribution in [0.2, 0.25) is 0 Å². The maximum absolute atomic E-state index is 12.5. The Morgan fingerprint density at radius 1 is 1.23 bits per heavy atom. The third-order valence-corrected chi connectivity index (χ3v) is 5.80. The SMILES string of the molecule is CCOP(=O)(CCCn1c(=O)c(=O)[nH]c2cc([N+](=O)[O-])ccc21)OCC. The maximum atomic E-state index is 12.5. The highest BCUT2D eigenvalue weighted by atomic mass is 31.2. The summed E-state index contributed by atoms with van der Waals surface area (Å²) in [6.45, 7) is 3.96. The molecule has 0 spiro atoms. The van der Waals surface area contributed by atoms with E-state index in [9.17, 15) is 24.3 Å². The van der Waals surface area contributed by atoms with Crippen LogP contribution in [0.5, 0.6) is 0 Å². The monoisotopic (exact) mass is 385 g/mol. The van der Waals surface area contributed by atoms with Crippen molar-refractivity contribution in [2.75, 3.05) is 19.4 Å². The summed E-state index contributed by atoms with van der Waals surface area (Å²) >= 11 is 0. The van der Waals surface area contributed by atoms with E-state index in [0.29, 0.717) is 5.52 Å². The fourth-order valence-electron chi connectivity index (χ4n) is 2.59. The van der Waals surface area contributed by atoms with Crippen LogP contribution in [0.4, 0.5) is 5.69 Å². The Hall–Kier alpha value is -2.29. The topological polar surface area (TPSA) is 134 Å². The zero-order valence-electron chi connectivity index (χ0n) is 14.5. The van der Waals surface area contributed by atoms with Gasteiger partial charge in [-0.2, -0.15) is 0 Å². The molecule has 0 unspecified atom stereocenters. The minimum Gasteiger partial charge on any atom is -0.316 e. The molecule has 11 heteroatoms. The number of aromatic nitrogens is 2. The van der Waals surface area contributed by atoms with Gasteiger partial charge >= 0.3 is 18.7 Å². The molecule has 0 aliphatic heterocycles. The van der Waals surface area contributed by atoms with Crippen LogP contribution in [0, 0.1) is 10.1 Å². The normalized spacial score (nSPS) is 11.8. The highest BCUT2D eigenvalue weighted by Crippen LogP contribution is 2.48. The smallest absolute Gasteiger partial charge is 0.316 e. The molecule has 26 heavy (non-hydrogen) atoms. The Balaban J connectivity index is 2.33. The Kier molecular flexibility index (Phi) is 6.47. The second-order valence-corrected chi connectivity index (χ2v) is 7.58. The van der Waals surface area contributed by atoms with E-state index in [1.165, 1.54) is 22.8 Å². The van der Waals surface area contributed by atoms with E-state index >= 15 is 0 Å². The van der Waals surface area contributed by atoms with E-state index in [1.807, 2.05) is 0 Å². The molecule has 0 bridgehead atoms. The number of nitrogens with zero attached hydrogens (tertiary/aromatic N) is 2. The summed E-state index contributed by atoms with van der Waals surface area (Å²) in [5.74, 6) is 0. The standard InChI is InChI=1S/C15H20N3O7P/c1-3-24-26(23,25-4-2)9-5-8-17-13-7-6-11(18(21)22)10-12(13)16-14(19)15(17)20/h6-7,10H,3-5,8-9H2,1-2H3,(H,16,19). The van der Waals surface area contributed by atoms with Crippen LogP contribution in [0.3, 0.4) is 0 Å². The molecule has 0 fully saturated rings. The van der Waals surface area contributed by atoms with Crippen LogP contribution in [0.15, 0.2) is 27.8 Å². The first-order valence-corrected chi connectivity index (χ1v) is 9.83. The molecule has 1 N–H and O–H groups in total. The van der Waals surface area contributed by atoms with E-state index < -0.39 is 23.6 Å². The number of nitro groups is 1. The molecule has 0 atom stereocenters. The van der Waals surface area contributed by atoms with Gasteiger partial charge in [0.2, 0.25) is 0 Å². The first kappa shape index (κ1) is 20.0. The van der Waals surface area contributed by atoms with Crippen molar-refractivity contribution < 1.29 is 18.5 Å². The van der Waals surface area contributed by atoms with Gasteiger partial charge in [-0.1, -0.05) is 0 Å². The van der Waals surface area contributed by atoms with Crippen LogP contribution >= 0.6 is 7.60 Å². The van der Waals surface area contributed by atoms with Gasteiger partial charge in [0, 0.05) is 18.7 Å². The fourth-order valence-corrected chi connectivity index (χ4v) is 4.23. The Morgan fingerprint density at radius 2 is 1.88 bits per heavy atom. The van der Waals surface area contributed by atoms with Gasteiger partial charge in [-0.15, -0.1) is 0 Å². The van der Waals surface area contributed by atoms with Crippen molar-refractivity contribution in [3.05, 3.63) is 49.0 Å². The fraction of sp³-hybridized carbons (Fsp3) is 0.467. The summed E-state index contributed by atoms with van der Waals surface area (Å²) in [6, 6.07) is 3.84. The molecule has 1 aromatic carbocycles. The number of aromatic amines is 1. The van der Waals surface area contributed by atoms with Gasteiger partial charge in [-0.25, -0.2) is 0 Å². The molecular weight excluding hydrogens is 365 g/mol. The molecule has 0 saturated heterocycles. The number of hydrogen-bond acceptors (Lipinski definition) is 7. The van der Waals surface area contributed by atoms with Gasteiger partial charge in [0.05, 0.1) is 35.3 Å². The van der Waals surface area contributed by atoms with Crippen LogP contribution in [0.1, 0.15) is 20.3 Å². The number of hydrogen-bond donors (Lipinski definition) is 1. The first-order chi connectivity index (χ1) is 12.3. The number of rotatable bonds is 9. The quantitative estimate of drug-likeness (QED) is 0.303. The van der Waals surface area contributed by atoms with E-state index in [0.717, 1.165) is 0 Å². The molecule has 1 heterocycles. The van der Waals surface area contributed by atoms with E-state index in [-0.39, 0.29) is 43.5 Å². The molecule has 1 aromatic heterocycles. The van der Waals surface area contributed by atoms with Gasteiger partial charge in [-0.3, -0.25) is 24.3 Å². The maximum Gasteiger partial charge on any atom is 0.330 e. The summed E-state index contributed by atoms with van der Waals surface area (Å²) in [4.78, 5) is 36.6. The van der Waals surface area contributed by atoms with E-state index in [4.69, 9.17) is 9.05 Å². The summed E-state index contributed by atoms with van der Waals surface area (Å²) in [5.41, 5.74) is -1.33. The third-order valence-electron chi connectivity index (χ3n) is 3.63. The number of nitrogens with one attached hydrogen (secondary N) is 1. The number of aryl methyl sites for hydroxylation is 1. The molecule has 142 valence electrons. The Morgan fingerprint density at radius 3 is 2.46 bits per heavy atom. The van der Waals surface area contributed by atoms with Crippen LogP contribution in [-0.2, 0) is 20.2 Å². The molecular formula is C15H20N3O7P. The number of H-pyrrole nitrogens is 1. The van der Waals surface area contributed by atoms with Crippen LogP contribution < -0.4 is 11.1 Å². The number of fused-ring (bicyclic) bond motifs is 1. The number of nitro benzene ring substituents is 1. The average Bonchev–Trinajstić information content (AvgIpc) is 2.58. The first-order valence-electron chi connectivity index (χ1n) is 8.10. The van der Waals surface area contributed by atoms with Crippen molar-refractivity contribution in [3.8, 4) is 0 Å². The van der Waals surface area contributed by atoms with Crippen molar-refractivity contribution in [2.45, 2.75) is 26.8 Å². The lowest BCUT2D eigenvalue weighted by Crippen LogP contribution is -2.36. The predicted molar refractivity (Wildman–Crippen MR) is 95.8 cm³/mol. The Labute approximate surface area is 148 Å². The average molecular weight is 385 g/mol. The molecule has 0 saturated carbocycles. The van der Waals surface area contributed by atoms with E-state index in [1.54, 1.807) is 13.8 Å². The van der Waals surface area contributed by atoms with Gasteiger partial charge < -0.3 is 18.6 Å². The highest BCUT2D eigenvalue weighted by molar-refractivity contribution is 7.53. The van der Waals surface area contributed by atoms with Crippen molar-refractivity contribution in [3.63, 3.8) is 0 Å². The van der Waals surface area contributed by atoms with Crippen LogP contribution in [0.25, 0.3) is 11.0 Å². The third kappa shape index (κ3) is 4.46. The van der Waals surface area contributed by atoms with Gasteiger partial charge in [0.25, 0.3) is 5.69 Å². The van der Waals surface area contributed by atoms with Gasteiger partial charge in [0.1, 0.15) is 0 Å². The highest BCUT2D eigenvalue weighted by Gasteiger charge is 2.23. The molecule has 0 radical (unpaired) electrons. The predicted octanol–water partition coefficient (Wildman–Crippen LogP) is 2.25. The molecule has 0 aliphatic rings. The second kappa shape index (κ2) is 8.39. The lowest BCUT2D eigenvalue weighted by molar-refractivity contribution is -0.384. The van der Waals surface area contributed by atoms with Crippen molar-refractivity contribution in [2.24, 2.45) is 0 Å². The Bertz CT molecular complexity index is 956. The van der Waals surface area contributed by atoms with Gasteiger partial charge in [0.15, 0.2) is 0 Å². The molecule has 0 amide bonds. The zero-order valence-corrected chi connectivity index (χ0v) is 15.4. The molecule has 0 aliphatic carbocycles. The van der Waals surface area contributed by atoms with E-state index in [2.05, 4.69) is 4.98 Å². The summed E-state index contributed by atoms with van der Waals surface area (Å²) in [7, 11) is -3.26. The summed E-state index contributed by atoms with van der Waals surface area (Å²) < 4.78 is 24.1. The van der Waals surface area contributed by atoms with Crippen LogP contribution in [-0.4, -0.2) is 33.9 Å². The summed E-state index contributed by atoms with van der Waals surface area (Å²) in [5, 5.41) is 10.9.